The van der Waals surface area contributed by atoms with Gasteiger partial charge in [-0.05, 0) is 37.2 Å². The van der Waals surface area contributed by atoms with Crippen LogP contribution in [-0.4, -0.2) is 20.2 Å². The van der Waals surface area contributed by atoms with E-state index >= 15 is 0 Å². The molecule has 0 aliphatic rings. The highest BCUT2D eigenvalue weighted by Gasteiger charge is 2.02. The van der Waals surface area contributed by atoms with Crippen molar-refractivity contribution in [3.63, 3.8) is 0 Å². The summed E-state index contributed by atoms with van der Waals surface area (Å²) < 4.78 is 17.9. The lowest BCUT2D eigenvalue weighted by molar-refractivity contribution is 0.386. The molecule has 1 aromatic rings. The van der Waals surface area contributed by atoms with Crippen molar-refractivity contribution in [1.82, 2.24) is 5.32 Å². The van der Waals surface area contributed by atoms with E-state index in [2.05, 4.69) is 12.2 Å². The molecule has 0 aliphatic carbocycles. The Balaban J connectivity index is 2.60. The molecule has 0 radical (unpaired) electrons. The van der Waals surface area contributed by atoms with Crippen LogP contribution in [0.3, 0.4) is 0 Å². The molecule has 1 aromatic carbocycles. The molecule has 0 saturated heterocycles. The van der Waals surface area contributed by atoms with Crippen LogP contribution in [0.15, 0.2) is 18.2 Å². The Hall–Kier alpha value is -1.09. The first-order valence-corrected chi connectivity index (χ1v) is 4.81. The summed E-state index contributed by atoms with van der Waals surface area (Å²) in [5.41, 5.74) is 1.09. The van der Waals surface area contributed by atoms with Crippen LogP contribution in [0.2, 0.25) is 0 Å². The number of halogens is 1. The van der Waals surface area contributed by atoms with Crippen LogP contribution in [0.1, 0.15) is 12.5 Å². The van der Waals surface area contributed by atoms with E-state index in [-0.39, 0.29) is 5.82 Å². The number of nitrogens with one attached hydrogen (secondary N) is 1. The van der Waals surface area contributed by atoms with Crippen molar-refractivity contribution in [1.29, 1.82) is 0 Å². The van der Waals surface area contributed by atoms with Gasteiger partial charge in [0.05, 0.1) is 7.11 Å². The number of ether oxygens (including phenoxy) is 1. The molecule has 78 valence electrons. The monoisotopic (exact) mass is 197 g/mol. The van der Waals surface area contributed by atoms with Crippen LogP contribution in [0, 0.1) is 5.82 Å². The highest BCUT2D eigenvalue weighted by atomic mass is 19.1. The second-order valence-electron chi connectivity index (χ2n) is 3.07. The van der Waals surface area contributed by atoms with Gasteiger partial charge < -0.3 is 10.1 Å². The maximum atomic E-state index is 13.0. The van der Waals surface area contributed by atoms with Gasteiger partial charge in [0.15, 0.2) is 11.6 Å². The van der Waals surface area contributed by atoms with Gasteiger partial charge in [-0.1, -0.05) is 13.0 Å². The highest BCUT2D eigenvalue weighted by Crippen LogP contribution is 2.18. The van der Waals surface area contributed by atoms with Crippen molar-refractivity contribution in [3.05, 3.63) is 29.6 Å². The van der Waals surface area contributed by atoms with Crippen molar-refractivity contribution in [2.75, 3.05) is 20.2 Å². The summed E-state index contributed by atoms with van der Waals surface area (Å²) in [7, 11) is 1.48. The lowest BCUT2D eigenvalue weighted by Gasteiger charge is -2.05. The summed E-state index contributed by atoms with van der Waals surface area (Å²) in [6.07, 6.45) is 0.893. The lowest BCUT2D eigenvalue weighted by atomic mass is 10.1. The number of likely N-dealkylation sites (N-methyl/N-ethyl adjacent to an activating group) is 1. The molecule has 0 bridgehead atoms. The zero-order chi connectivity index (χ0) is 10.4. The van der Waals surface area contributed by atoms with Gasteiger partial charge in [0.1, 0.15) is 0 Å². The third kappa shape index (κ3) is 3.00. The number of methoxy groups -OCH3 is 1. The Labute approximate surface area is 84.1 Å². The van der Waals surface area contributed by atoms with Crippen LogP contribution >= 0.6 is 0 Å². The molecule has 0 unspecified atom stereocenters. The molecular weight excluding hydrogens is 181 g/mol. The predicted octanol–water partition coefficient (Wildman–Crippen LogP) is 1.99. The smallest absolute Gasteiger partial charge is 0.165 e. The van der Waals surface area contributed by atoms with E-state index in [9.17, 15) is 4.39 Å². The maximum absolute atomic E-state index is 13.0. The average molecular weight is 197 g/mol. The molecule has 0 aromatic heterocycles. The summed E-state index contributed by atoms with van der Waals surface area (Å²) in [6.45, 7) is 3.93. The van der Waals surface area contributed by atoms with Crippen LogP contribution in [0.4, 0.5) is 4.39 Å². The summed E-state index contributed by atoms with van der Waals surface area (Å²) >= 11 is 0. The van der Waals surface area contributed by atoms with E-state index in [1.807, 2.05) is 0 Å². The van der Waals surface area contributed by atoms with Gasteiger partial charge in [-0.25, -0.2) is 4.39 Å². The third-order valence-corrected chi connectivity index (χ3v) is 2.06. The number of rotatable bonds is 5. The fourth-order valence-corrected chi connectivity index (χ4v) is 1.27. The lowest BCUT2D eigenvalue weighted by Crippen LogP contribution is -2.16. The van der Waals surface area contributed by atoms with E-state index in [1.54, 1.807) is 12.1 Å². The second-order valence-corrected chi connectivity index (χ2v) is 3.07. The van der Waals surface area contributed by atoms with Gasteiger partial charge in [0.25, 0.3) is 0 Å². The minimum Gasteiger partial charge on any atom is -0.494 e. The van der Waals surface area contributed by atoms with Gasteiger partial charge in [0.2, 0.25) is 0 Å². The standard InChI is InChI=1S/C11H16FNO/c1-3-13-7-6-9-4-5-10(12)11(8-9)14-2/h4-5,8,13H,3,6-7H2,1-2H3. The van der Waals surface area contributed by atoms with Gasteiger partial charge in [-0.15, -0.1) is 0 Å². The molecule has 0 aliphatic heterocycles. The molecular formula is C11H16FNO. The van der Waals surface area contributed by atoms with Gasteiger partial charge in [0, 0.05) is 0 Å². The minimum atomic E-state index is -0.306. The molecule has 3 heteroatoms. The third-order valence-electron chi connectivity index (χ3n) is 2.06. The van der Waals surface area contributed by atoms with E-state index < -0.39 is 0 Å². The predicted molar refractivity (Wildman–Crippen MR) is 55.2 cm³/mol. The number of hydrogen-bond donors (Lipinski definition) is 1. The van der Waals surface area contributed by atoms with E-state index in [4.69, 9.17) is 4.74 Å². The molecule has 1 rings (SSSR count). The topological polar surface area (TPSA) is 21.3 Å². The second kappa shape index (κ2) is 5.60. The molecule has 0 fully saturated rings. The molecule has 0 spiro atoms. The zero-order valence-corrected chi connectivity index (χ0v) is 8.64. The maximum Gasteiger partial charge on any atom is 0.165 e. The normalized spacial score (nSPS) is 10.2. The first-order chi connectivity index (χ1) is 6.77. The number of hydrogen-bond acceptors (Lipinski definition) is 2. The van der Waals surface area contributed by atoms with Crippen molar-refractivity contribution >= 4 is 0 Å². The van der Waals surface area contributed by atoms with E-state index in [0.717, 1.165) is 25.1 Å². The average Bonchev–Trinajstić information content (AvgIpc) is 2.21. The first-order valence-electron chi connectivity index (χ1n) is 4.81. The fourth-order valence-electron chi connectivity index (χ4n) is 1.27. The Bertz CT molecular complexity index is 289. The van der Waals surface area contributed by atoms with Crippen molar-refractivity contribution in [2.45, 2.75) is 13.3 Å². The van der Waals surface area contributed by atoms with Crippen molar-refractivity contribution < 1.29 is 9.13 Å². The Morgan fingerprint density at radius 3 is 2.86 bits per heavy atom. The Kier molecular flexibility index (Phi) is 4.40. The van der Waals surface area contributed by atoms with Gasteiger partial charge >= 0.3 is 0 Å². The van der Waals surface area contributed by atoms with Gasteiger partial charge in [-0.2, -0.15) is 0 Å². The van der Waals surface area contributed by atoms with Crippen LogP contribution in [-0.2, 0) is 6.42 Å². The Morgan fingerprint density at radius 2 is 2.21 bits per heavy atom. The van der Waals surface area contributed by atoms with E-state index in [1.165, 1.54) is 13.2 Å². The number of benzene rings is 1. The quantitative estimate of drug-likeness (QED) is 0.729. The van der Waals surface area contributed by atoms with Crippen LogP contribution < -0.4 is 10.1 Å². The summed E-state index contributed by atoms with van der Waals surface area (Å²) in [4.78, 5) is 0. The summed E-state index contributed by atoms with van der Waals surface area (Å²) in [6, 6.07) is 4.97. The molecule has 0 heterocycles. The molecule has 14 heavy (non-hydrogen) atoms. The van der Waals surface area contributed by atoms with Crippen molar-refractivity contribution in [3.8, 4) is 5.75 Å². The van der Waals surface area contributed by atoms with Gasteiger partial charge in [-0.3, -0.25) is 0 Å². The first kappa shape index (κ1) is 11.0. The fraction of sp³-hybridized carbons (Fsp3) is 0.455. The molecule has 1 N–H and O–H groups in total. The largest absolute Gasteiger partial charge is 0.494 e. The summed E-state index contributed by atoms with van der Waals surface area (Å²) in [5, 5.41) is 3.21. The molecule has 2 nitrogen and oxygen atoms in total. The SMILES string of the molecule is CCNCCc1ccc(F)c(OC)c1. The van der Waals surface area contributed by atoms with Crippen LogP contribution in [0.5, 0.6) is 5.75 Å². The zero-order valence-electron chi connectivity index (χ0n) is 8.64. The highest BCUT2D eigenvalue weighted by molar-refractivity contribution is 5.30. The Morgan fingerprint density at radius 1 is 1.43 bits per heavy atom. The molecule has 0 amide bonds. The molecule has 0 atom stereocenters. The summed E-state index contributed by atoms with van der Waals surface area (Å²) in [5.74, 6) is 0.0127. The van der Waals surface area contributed by atoms with Crippen LogP contribution in [0.25, 0.3) is 0 Å². The van der Waals surface area contributed by atoms with E-state index in [0.29, 0.717) is 5.75 Å². The van der Waals surface area contributed by atoms with Crippen molar-refractivity contribution in [2.24, 2.45) is 0 Å². The minimum absolute atomic E-state index is 0.306. The molecule has 0 saturated carbocycles.